The predicted molar refractivity (Wildman–Crippen MR) is 68.4 cm³/mol. The molecule has 7 heteroatoms. The van der Waals surface area contributed by atoms with E-state index in [1.807, 2.05) is 0 Å². The van der Waals surface area contributed by atoms with Crippen LogP contribution in [0.1, 0.15) is 12.5 Å². The second-order valence-electron chi connectivity index (χ2n) is 4.25. The molecule has 0 bridgehead atoms. The molecule has 2 rings (SSSR count). The zero-order chi connectivity index (χ0) is 13.6. The molecule has 1 atom stereocenters. The molecule has 4 nitrogen and oxygen atoms in total. The van der Waals surface area contributed by atoms with Gasteiger partial charge in [0.1, 0.15) is 0 Å². The second-order valence-corrected chi connectivity index (χ2v) is 5.11. The Morgan fingerprint density at radius 3 is 2.72 bits per heavy atom. The smallest absolute Gasteiger partial charge is 0.310 e. The van der Waals surface area contributed by atoms with Crippen molar-refractivity contribution in [1.29, 1.82) is 0 Å². The van der Waals surface area contributed by atoms with Gasteiger partial charge in [-0.25, -0.2) is 4.99 Å². The van der Waals surface area contributed by atoms with Crippen LogP contribution in [0.2, 0.25) is 0 Å². The van der Waals surface area contributed by atoms with E-state index in [1.54, 1.807) is 12.1 Å². The van der Waals surface area contributed by atoms with Gasteiger partial charge >= 0.3 is 5.92 Å². The van der Waals surface area contributed by atoms with Crippen molar-refractivity contribution < 1.29 is 13.5 Å². The number of hydrogen-bond donors (Lipinski definition) is 2. The molecule has 4 N–H and O–H groups in total. The highest BCUT2D eigenvalue weighted by atomic mass is 79.9. The summed E-state index contributed by atoms with van der Waals surface area (Å²) in [5, 5.41) is 0. The number of rotatable bonds is 1. The fourth-order valence-corrected chi connectivity index (χ4v) is 2.45. The monoisotopic (exact) mass is 319 g/mol. The summed E-state index contributed by atoms with van der Waals surface area (Å²) >= 11 is 3.23. The Hall–Kier alpha value is -1.37. The van der Waals surface area contributed by atoms with Crippen LogP contribution in [0.5, 0.6) is 0 Å². The molecular formula is C11H12BrF2N3O. The van der Waals surface area contributed by atoms with Gasteiger partial charge in [0.15, 0.2) is 12.1 Å². The van der Waals surface area contributed by atoms with Gasteiger partial charge < -0.3 is 16.2 Å². The number of anilines is 1. The van der Waals surface area contributed by atoms with Crippen molar-refractivity contribution in [3.63, 3.8) is 0 Å². The number of benzene rings is 1. The molecule has 1 aromatic rings. The van der Waals surface area contributed by atoms with Gasteiger partial charge in [0.05, 0.1) is 0 Å². The lowest BCUT2D eigenvalue weighted by atomic mass is 9.85. The Balaban J connectivity index is 2.65. The van der Waals surface area contributed by atoms with Crippen LogP contribution >= 0.6 is 15.9 Å². The molecule has 0 saturated heterocycles. The minimum atomic E-state index is -3.17. The van der Waals surface area contributed by atoms with Crippen molar-refractivity contribution in [2.45, 2.75) is 18.4 Å². The molecule has 1 heterocycles. The van der Waals surface area contributed by atoms with Crippen molar-refractivity contribution >= 4 is 27.6 Å². The molecule has 1 aliphatic heterocycles. The molecule has 1 aromatic carbocycles. The second kappa shape index (κ2) is 4.08. The van der Waals surface area contributed by atoms with Crippen molar-refractivity contribution in [3.05, 3.63) is 28.2 Å². The summed E-state index contributed by atoms with van der Waals surface area (Å²) < 4.78 is 33.3. The van der Waals surface area contributed by atoms with Gasteiger partial charge in [-0.15, -0.1) is 0 Å². The van der Waals surface area contributed by atoms with Gasteiger partial charge in [-0.3, -0.25) is 0 Å². The van der Waals surface area contributed by atoms with E-state index in [4.69, 9.17) is 11.5 Å². The molecular weight excluding hydrogens is 308 g/mol. The lowest BCUT2D eigenvalue weighted by Crippen LogP contribution is -2.51. The van der Waals surface area contributed by atoms with Crippen LogP contribution < -0.4 is 11.5 Å². The van der Waals surface area contributed by atoms with Gasteiger partial charge in [0, 0.05) is 15.7 Å². The summed E-state index contributed by atoms with van der Waals surface area (Å²) in [6.45, 7) is 0.502. The molecule has 0 radical (unpaired) electrons. The van der Waals surface area contributed by atoms with Crippen molar-refractivity contribution in [3.8, 4) is 0 Å². The maximum Gasteiger partial charge on any atom is 0.310 e. The van der Waals surface area contributed by atoms with Gasteiger partial charge in [-0.2, -0.15) is 8.78 Å². The average molecular weight is 320 g/mol. The molecule has 0 unspecified atom stereocenters. The van der Waals surface area contributed by atoms with Crippen LogP contribution in [-0.2, 0) is 10.3 Å². The molecule has 98 valence electrons. The highest BCUT2D eigenvalue weighted by Gasteiger charge is 2.55. The van der Waals surface area contributed by atoms with E-state index in [-0.39, 0.29) is 11.6 Å². The largest absolute Gasteiger partial charge is 0.459 e. The molecule has 0 saturated carbocycles. The Morgan fingerprint density at radius 1 is 1.39 bits per heavy atom. The van der Waals surface area contributed by atoms with E-state index in [1.165, 1.54) is 13.0 Å². The third-order valence-corrected chi connectivity index (χ3v) is 3.65. The SMILES string of the molecule is C[C@]1(c2cc(N)ccc2Br)N=C(N)OCC1(F)F. The first-order valence-electron chi connectivity index (χ1n) is 5.18. The number of alkyl halides is 2. The van der Waals surface area contributed by atoms with Gasteiger partial charge in [-0.1, -0.05) is 15.9 Å². The summed E-state index contributed by atoms with van der Waals surface area (Å²) in [4.78, 5) is 3.78. The van der Waals surface area contributed by atoms with Crippen LogP contribution in [-0.4, -0.2) is 18.6 Å². The first kappa shape index (κ1) is 13.1. The van der Waals surface area contributed by atoms with E-state index in [9.17, 15) is 8.78 Å². The van der Waals surface area contributed by atoms with E-state index in [2.05, 4.69) is 25.7 Å². The van der Waals surface area contributed by atoms with Crippen LogP contribution in [0.4, 0.5) is 14.5 Å². The van der Waals surface area contributed by atoms with Crippen LogP contribution in [0.25, 0.3) is 0 Å². The minimum Gasteiger partial charge on any atom is -0.459 e. The van der Waals surface area contributed by atoms with Crippen molar-refractivity contribution in [1.82, 2.24) is 0 Å². The number of aliphatic imine (C=N–C) groups is 1. The molecule has 0 aliphatic carbocycles. The zero-order valence-corrected chi connectivity index (χ0v) is 11.2. The maximum absolute atomic E-state index is 14.1. The average Bonchev–Trinajstić information content (AvgIpc) is 2.28. The first-order valence-corrected chi connectivity index (χ1v) is 5.97. The Morgan fingerprint density at radius 2 is 2.06 bits per heavy atom. The first-order chi connectivity index (χ1) is 8.26. The summed E-state index contributed by atoms with van der Waals surface area (Å²) in [5.41, 5.74) is 9.90. The lowest BCUT2D eigenvalue weighted by molar-refractivity contribution is -0.116. The number of hydrogen-bond acceptors (Lipinski definition) is 4. The fourth-order valence-electron chi connectivity index (χ4n) is 1.81. The number of nitrogens with zero attached hydrogens (tertiary/aromatic N) is 1. The summed E-state index contributed by atoms with van der Waals surface area (Å²) in [6, 6.07) is 4.42. The van der Waals surface area contributed by atoms with E-state index < -0.39 is 18.1 Å². The molecule has 0 fully saturated rings. The number of ether oxygens (including phenoxy) is 1. The fraction of sp³-hybridized carbons (Fsp3) is 0.364. The Bertz CT molecular complexity index is 521. The number of nitrogen functional groups attached to an aromatic ring is 1. The van der Waals surface area contributed by atoms with Crippen LogP contribution in [0.15, 0.2) is 27.7 Å². The highest BCUT2D eigenvalue weighted by Crippen LogP contribution is 2.46. The van der Waals surface area contributed by atoms with E-state index >= 15 is 0 Å². The topological polar surface area (TPSA) is 73.6 Å². The highest BCUT2D eigenvalue weighted by molar-refractivity contribution is 9.10. The quantitative estimate of drug-likeness (QED) is 0.779. The summed E-state index contributed by atoms with van der Waals surface area (Å²) in [7, 11) is 0. The maximum atomic E-state index is 14.1. The predicted octanol–water partition coefficient (Wildman–Crippen LogP) is 2.23. The molecule has 0 amide bonds. The number of halogens is 3. The standard InChI is InChI=1S/C11H12BrF2N3O/c1-10(7-4-6(15)2-3-8(7)12)11(13,14)5-18-9(16)17-10/h2-4H,5,15H2,1H3,(H2,16,17)/t10-/m1/s1. The van der Waals surface area contributed by atoms with E-state index in [0.717, 1.165) is 0 Å². The third-order valence-electron chi connectivity index (χ3n) is 2.96. The van der Waals surface area contributed by atoms with Gasteiger partial charge in [0.2, 0.25) is 0 Å². The molecule has 18 heavy (non-hydrogen) atoms. The van der Waals surface area contributed by atoms with Gasteiger partial charge in [0.25, 0.3) is 6.02 Å². The van der Waals surface area contributed by atoms with Crippen molar-refractivity contribution in [2.24, 2.45) is 10.7 Å². The van der Waals surface area contributed by atoms with Crippen LogP contribution in [0.3, 0.4) is 0 Å². The van der Waals surface area contributed by atoms with E-state index in [0.29, 0.717) is 10.2 Å². The third kappa shape index (κ3) is 1.92. The summed E-state index contributed by atoms with van der Waals surface area (Å²) in [6.07, 6.45) is 0. The van der Waals surface area contributed by atoms with Gasteiger partial charge in [-0.05, 0) is 25.1 Å². The zero-order valence-electron chi connectivity index (χ0n) is 9.58. The molecule has 0 spiro atoms. The minimum absolute atomic E-state index is 0.252. The Kier molecular flexibility index (Phi) is 2.96. The number of nitrogens with two attached hydrogens (primary N) is 2. The molecule has 0 aromatic heterocycles. The molecule has 1 aliphatic rings. The lowest BCUT2D eigenvalue weighted by Gasteiger charge is -2.38. The number of amidine groups is 1. The Labute approximate surface area is 111 Å². The van der Waals surface area contributed by atoms with Crippen LogP contribution in [0, 0.1) is 0 Å². The summed E-state index contributed by atoms with van der Waals surface area (Å²) in [5.74, 6) is -3.17. The normalized spacial score (nSPS) is 26.3. The van der Waals surface area contributed by atoms with Crippen molar-refractivity contribution in [2.75, 3.05) is 12.3 Å².